The predicted molar refractivity (Wildman–Crippen MR) is 56.9 cm³/mol. The smallest absolute Gasteiger partial charge is 0.339 e. The fourth-order valence-corrected chi connectivity index (χ4v) is 1.11. The highest BCUT2D eigenvalue weighted by molar-refractivity contribution is 5.92. The van der Waals surface area contributed by atoms with E-state index in [2.05, 4.69) is 29.4 Å². The molecule has 1 rings (SSSR count). The first kappa shape index (κ1) is 11.4. The lowest BCUT2D eigenvalue weighted by Gasteiger charge is -2.08. The van der Waals surface area contributed by atoms with Gasteiger partial charge in [0.25, 0.3) is 0 Å². The molecule has 2 N–H and O–H groups in total. The van der Waals surface area contributed by atoms with Crippen LogP contribution in [0.2, 0.25) is 0 Å². The summed E-state index contributed by atoms with van der Waals surface area (Å²) in [6, 6.07) is 1.44. The molecule has 82 valence electrons. The quantitative estimate of drug-likeness (QED) is 0.770. The standard InChI is InChI=1S/C10H15N3O2/c1-7(2)3-5-11-9-8(10(14)15)4-6-12-13-9/h4,6-7H,3,5H2,1-2H3,(H,11,13)(H,14,15). The molecule has 0 amide bonds. The van der Waals surface area contributed by atoms with Gasteiger partial charge in [-0.15, -0.1) is 5.10 Å². The van der Waals surface area contributed by atoms with Crippen LogP contribution in [0.1, 0.15) is 30.6 Å². The van der Waals surface area contributed by atoms with Crippen molar-refractivity contribution in [2.75, 3.05) is 11.9 Å². The topological polar surface area (TPSA) is 75.1 Å². The summed E-state index contributed by atoms with van der Waals surface area (Å²) in [5, 5.41) is 19.2. The van der Waals surface area contributed by atoms with Gasteiger partial charge in [0, 0.05) is 6.54 Å². The first-order valence-corrected chi connectivity index (χ1v) is 4.90. The molecule has 0 saturated heterocycles. The number of nitrogens with one attached hydrogen (secondary N) is 1. The van der Waals surface area contributed by atoms with Crippen LogP contribution in [0.15, 0.2) is 12.3 Å². The van der Waals surface area contributed by atoms with Crippen LogP contribution in [0.25, 0.3) is 0 Å². The summed E-state index contributed by atoms with van der Waals surface area (Å²) in [6.45, 7) is 4.92. The summed E-state index contributed by atoms with van der Waals surface area (Å²) in [5.41, 5.74) is 0.161. The van der Waals surface area contributed by atoms with E-state index in [9.17, 15) is 4.79 Å². The zero-order valence-electron chi connectivity index (χ0n) is 8.90. The van der Waals surface area contributed by atoms with Gasteiger partial charge in [0.15, 0.2) is 5.82 Å². The molecule has 0 spiro atoms. The fraction of sp³-hybridized carbons (Fsp3) is 0.500. The van der Waals surface area contributed by atoms with E-state index in [1.54, 1.807) is 0 Å². The Labute approximate surface area is 88.5 Å². The SMILES string of the molecule is CC(C)CCNc1nnccc1C(=O)O. The molecule has 0 bridgehead atoms. The highest BCUT2D eigenvalue weighted by atomic mass is 16.4. The third-order valence-corrected chi connectivity index (χ3v) is 1.97. The molecule has 15 heavy (non-hydrogen) atoms. The number of carbonyl (C=O) groups is 1. The van der Waals surface area contributed by atoms with Crippen LogP contribution in [0.4, 0.5) is 5.82 Å². The highest BCUT2D eigenvalue weighted by Gasteiger charge is 2.10. The zero-order valence-corrected chi connectivity index (χ0v) is 8.90. The summed E-state index contributed by atoms with van der Waals surface area (Å²) >= 11 is 0. The van der Waals surface area contributed by atoms with E-state index < -0.39 is 5.97 Å². The van der Waals surface area contributed by atoms with Crippen LogP contribution in [0.3, 0.4) is 0 Å². The lowest BCUT2D eigenvalue weighted by Crippen LogP contribution is -2.11. The average Bonchev–Trinajstić information content (AvgIpc) is 2.17. The van der Waals surface area contributed by atoms with Crippen molar-refractivity contribution in [2.45, 2.75) is 20.3 Å². The lowest BCUT2D eigenvalue weighted by molar-refractivity contribution is 0.0697. The number of carboxylic acids is 1. The molecular formula is C10H15N3O2. The van der Waals surface area contributed by atoms with E-state index in [1.807, 2.05) is 0 Å². The van der Waals surface area contributed by atoms with Gasteiger partial charge in [0.05, 0.1) is 6.20 Å². The van der Waals surface area contributed by atoms with Crippen molar-refractivity contribution in [1.29, 1.82) is 0 Å². The summed E-state index contributed by atoms with van der Waals surface area (Å²) in [5.74, 6) is -0.0787. The Balaban J connectivity index is 2.63. The minimum absolute atomic E-state index is 0.161. The van der Waals surface area contributed by atoms with Gasteiger partial charge in [-0.05, 0) is 18.4 Å². The number of aromatic carboxylic acids is 1. The van der Waals surface area contributed by atoms with Gasteiger partial charge < -0.3 is 10.4 Å². The molecule has 0 atom stereocenters. The number of rotatable bonds is 5. The van der Waals surface area contributed by atoms with Crippen LogP contribution >= 0.6 is 0 Å². The predicted octanol–water partition coefficient (Wildman–Crippen LogP) is 1.63. The monoisotopic (exact) mass is 209 g/mol. The first-order valence-electron chi connectivity index (χ1n) is 4.90. The lowest BCUT2D eigenvalue weighted by atomic mass is 10.1. The summed E-state index contributed by atoms with van der Waals surface area (Å²) < 4.78 is 0. The van der Waals surface area contributed by atoms with Crippen LogP contribution in [0.5, 0.6) is 0 Å². The number of aromatic nitrogens is 2. The summed E-state index contributed by atoms with van der Waals surface area (Å²) in [7, 11) is 0. The molecule has 1 heterocycles. The van der Waals surface area contributed by atoms with Gasteiger partial charge in [-0.3, -0.25) is 0 Å². The second-order valence-corrected chi connectivity index (χ2v) is 3.71. The maximum absolute atomic E-state index is 10.8. The van der Waals surface area contributed by atoms with Gasteiger partial charge in [0.1, 0.15) is 5.56 Å². The Hall–Kier alpha value is -1.65. The number of hydrogen-bond donors (Lipinski definition) is 2. The van der Waals surface area contributed by atoms with Crippen LogP contribution < -0.4 is 5.32 Å². The van der Waals surface area contributed by atoms with Crippen LogP contribution in [0, 0.1) is 5.92 Å². The molecule has 0 aliphatic heterocycles. The highest BCUT2D eigenvalue weighted by Crippen LogP contribution is 2.10. The largest absolute Gasteiger partial charge is 0.478 e. The molecule has 1 aromatic rings. The number of nitrogens with zero attached hydrogens (tertiary/aromatic N) is 2. The van der Waals surface area contributed by atoms with Crippen molar-refractivity contribution in [2.24, 2.45) is 5.92 Å². The van der Waals surface area contributed by atoms with Gasteiger partial charge in [-0.1, -0.05) is 13.8 Å². The molecule has 0 radical (unpaired) electrons. The molecule has 0 aliphatic carbocycles. The number of anilines is 1. The molecule has 5 nitrogen and oxygen atoms in total. The molecular weight excluding hydrogens is 194 g/mol. The van der Waals surface area contributed by atoms with Crippen LogP contribution in [-0.4, -0.2) is 27.8 Å². The Kier molecular flexibility index (Phi) is 4.03. The second-order valence-electron chi connectivity index (χ2n) is 3.71. The average molecular weight is 209 g/mol. The Morgan fingerprint density at radius 3 is 2.93 bits per heavy atom. The number of carboxylic acid groups (broad SMARTS) is 1. The maximum Gasteiger partial charge on any atom is 0.339 e. The van der Waals surface area contributed by atoms with E-state index in [1.165, 1.54) is 12.3 Å². The molecule has 0 fully saturated rings. The van der Waals surface area contributed by atoms with Gasteiger partial charge >= 0.3 is 5.97 Å². The van der Waals surface area contributed by atoms with Crippen molar-refractivity contribution < 1.29 is 9.90 Å². The normalized spacial score (nSPS) is 10.3. The van der Waals surface area contributed by atoms with Crippen molar-refractivity contribution in [3.63, 3.8) is 0 Å². The van der Waals surface area contributed by atoms with E-state index in [4.69, 9.17) is 5.11 Å². The molecule has 1 aromatic heterocycles. The Bertz CT molecular complexity index is 339. The fourth-order valence-electron chi connectivity index (χ4n) is 1.11. The van der Waals surface area contributed by atoms with Crippen molar-refractivity contribution in [3.8, 4) is 0 Å². The molecule has 5 heteroatoms. The minimum Gasteiger partial charge on any atom is -0.478 e. The maximum atomic E-state index is 10.8. The molecule has 0 aromatic carbocycles. The third kappa shape index (κ3) is 3.53. The van der Waals surface area contributed by atoms with Gasteiger partial charge in [0.2, 0.25) is 0 Å². The van der Waals surface area contributed by atoms with E-state index in [0.29, 0.717) is 18.3 Å². The molecule has 0 saturated carbocycles. The Morgan fingerprint density at radius 1 is 1.60 bits per heavy atom. The zero-order chi connectivity index (χ0) is 11.3. The van der Waals surface area contributed by atoms with Crippen molar-refractivity contribution >= 4 is 11.8 Å². The third-order valence-electron chi connectivity index (χ3n) is 1.97. The van der Waals surface area contributed by atoms with E-state index in [0.717, 1.165) is 6.42 Å². The van der Waals surface area contributed by atoms with E-state index >= 15 is 0 Å². The number of hydrogen-bond acceptors (Lipinski definition) is 4. The summed E-state index contributed by atoms with van der Waals surface area (Å²) in [6.07, 6.45) is 2.34. The Morgan fingerprint density at radius 2 is 2.33 bits per heavy atom. The first-order chi connectivity index (χ1) is 7.11. The van der Waals surface area contributed by atoms with Crippen molar-refractivity contribution in [3.05, 3.63) is 17.8 Å². The molecule has 0 aliphatic rings. The van der Waals surface area contributed by atoms with Gasteiger partial charge in [-0.2, -0.15) is 5.10 Å². The minimum atomic E-state index is -0.989. The van der Waals surface area contributed by atoms with Gasteiger partial charge in [-0.25, -0.2) is 4.79 Å². The van der Waals surface area contributed by atoms with Crippen molar-refractivity contribution in [1.82, 2.24) is 10.2 Å². The van der Waals surface area contributed by atoms with E-state index in [-0.39, 0.29) is 5.56 Å². The summed E-state index contributed by atoms with van der Waals surface area (Å²) in [4.78, 5) is 10.8. The second kappa shape index (κ2) is 5.29. The van der Waals surface area contributed by atoms with Crippen LogP contribution in [-0.2, 0) is 0 Å². The molecule has 0 unspecified atom stereocenters.